The van der Waals surface area contributed by atoms with Gasteiger partial charge in [-0.1, -0.05) is 24.2 Å². The van der Waals surface area contributed by atoms with E-state index in [0.29, 0.717) is 17.1 Å². The zero-order valence-corrected chi connectivity index (χ0v) is 16.8. The molecule has 1 N–H and O–H groups in total. The molecular formula is C19H19N3O6S. The number of anilines is 1. The van der Waals surface area contributed by atoms with Crippen molar-refractivity contribution in [1.82, 2.24) is 10.2 Å². The van der Waals surface area contributed by atoms with Crippen molar-refractivity contribution in [3.05, 3.63) is 48.0 Å². The quantitative estimate of drug-likeness (QED) is 0.623. The molecule has 0 radical (unpaired) electrons. The molecule has 2 aromatic carbocycles. The molecule has 9 nitrogen and oxygen atoms in total. The van der Waals surface area contributed by atoms with E-state index in [1.807, 2.05) is 0 Å². The van der Waals surface area contributed by atoms with Crippen molar-refractivity contribution in [3.8, 4) is 23.0 Å². The van der Waals surface area contributed by atoms with Crippen LogP contribution in [0.3, 0.4) is 0 Å². The number of carbonyl (C=O) groups excluding carboxylic acids is 1. The molecular weight excluding hydrogens is 398 g/mol. The van der Waals surface area contributed by atoms with Crippen LogP contribution in [-0.2, 0) is 9.84 Å². The average molecular weight is 417 g/mol. The van der Waals surface area contributed by atoms with Crippen LogP contribution in [0.4, 0.5) is 6.01 Å². The maximum Gasteiger partial charge on any atom is 0.322 e. The first-order chi connectivity index (χ1) is 13.9. The van der Waals surface area contributed by atoms with Gasteiger partial charge in [0, 0.05) is 5.56 Å². The second-order valence-electron chi connectivity index (χ2n) is 5.84. The molecule has 152 valence electrons. The molecule has 0 fully saturated rings. The average Bonchev–Trinajstić information content (AvgIpc) is 3.21. The molecule has 29 heavy (non-hydrogen) atoms. The minimum Gasteiger partial charge on any atom is -0.493 e. The van der Waals surface area contributed by atoms with E-state index < -0.39 is 15.7 Å². The van der Waals surface area contributed by atoms with Crippen LogP contribution in [0.2, 0.25) is 0 Å². The van der Waals surface area contributed by atoms with Crippen molar-refractivity contribution < 1.29 is 27.1 Å². The van der Waals surface area contributed by atoms with Crippen LogP contribution in [0.1, 0.15) is 17.3 Å². The minimum absolute atomic E-state index is 0.000201. The summed E-state index contributed by atoms with van der Waals surface area (Å²) in [5.74, 6) is 0.378. The summed E-state index contributed by atoms with van der Waals surface area (Å²) >= 11 is 0. The van der Waals surface area contributed by atoms with Crippen LogP contribution in [0, 0.1) is 0 Å². The number of amides is 1. The molecule has 10 heteroatoms. The number of nitrogens with zero attached hydrogens (tertiary/aromatic N) is 2. The summed E-state index contributed by atoms with van der Waals surface area (Å²) in [6.45, 7) is 1.51. The number of aromatic nitrogens is 2. The zero-order valence-electron chi connectivity index (χ0n) is 16.0. The van der Waals surface area contributed by atoms with Crippen molar-refractivity contribution in [2.75, 3.05) is 25.3 Å². The van der Waals surface area contributed by atoms with Gasteiger partial charge in [0.15, 0.2) is 21.3 Å². The fourth-order valence-corrected chi connectivity index (χ4v) is 3.70. The van der Waals surface area contributed by atoms with E-state index in [-0.39, 0.29) is 28.1 Å². The topological polar surface area (TPSA) is 121 Å². The van der Waals surface area contributed by atoms with Gasteiger partial charge in [0.25, 0.3) is 5.91 Å². The Bertz CT molecular complexity index is 1140. The maximum absolute atomic E-state index is 12.6. The van der Waals surface area contributed by atoms with E-state index in [0.717, 1.165) is 0 Å². The Hall–Kier alpha value is -3.40. The number of sulfone groups is 1. The van der Waals surface area contributed by atoms with Crippen LogP contribution in [-0.4, -0.2) is 44.5 Å². The summed E-state index contributed by atoms with van der Waals surface area (Å²) in [5.41, 5.74) is 0.560. The Morgan fingerprint density at radius 2 is 1.79 bits per heavy atom. The Kier molecular flexibility index (Phi) is 5.83. The van der Waals surface area contributed by atoms with Gasteiger partial charge in [-0.15, -0.1) is 5.10 Å². The third kappa shape index (κ3) is 4.21. The van der Waals surface area contributed by atoms with Gasteiger partial charge < -0.3 is 13.9 Å². The number of carbonyl (C=O) groups is 1. The van der Waals surface area contributed by atoms with Gasteiger partial charge in [-0.05, 0) is 30.3 Å². The van der Waals surface area contributed by atoms with Crippen molar-refractivity contribution in [2.45, 2.75) is 11.8 Å². The molecule has 1 amide bonds. The van der Waals surface area contributed by atoms with E-state index in [9.17, 15) is 13.2 Å². The highest BCUT2D eigenvalue weighted by Crippen LogP contribution is 2.32. The van der Waals surface area contributed by atoms with Gasteiger partial charge in [-0.25, -0.2) is 8.42 Å². The zero-order chi connectivity index (χ0) is 21.0. The van der Waals surface area contributed by atoms with Crippen LogP contribution in [0.5, 0.6) is 11.5 Å². The molecule has 1 aromatic heterocycles. The van der Waals surface area contributed by atoms with Crippen LogP contribution >= 0.6 is 0 Å². The normalized spacial score (nSPS) is 11.1. The van der Waals surface area contributed by atoms with Crippen molar-refractivity contribution in [2.24, 2.45) is 0 Å². The van der Waals surface area contributed by atoms with Crippen LogP contribution < -0.4 is 14.8 Å². The molecule has 0 aliphatic heterocycles. The van der Waals surface area contributed by atoms with E-state index in [1.54, 1.807) is 30.3 Å². The monoisotopic (exact) mass is 417 g/mol. The second kappa shape index (κ2) is 8.31. The number of rotatable bonds is 7. The van der Waals surface area contributed by atoms with Gasteiger partial charge in [-0.2, -0.15) is 0 Å². The van der Waals surface area contributed by atoms with Crippen molar-refractivity contribution in [3.63, 3.8) is 0 Å². The number of nitrogens with one attached hydrogen (secondary N) is 1. The Balaban J connectivity index is 1.86. The fraction of sp³-hybridized carbons (Fsp3) is 0.211. The third-order valence-electron chi connectivity index (χ3n) is 4.12. The van der Waals surface area contributed by atoms with E-state index >= 15 is 0 Å². The summed E-state index contributed by atoms with van der Waals surface area (Å²) in [6, 6.07) is 10.8. The SMILES string of the molecule is CCS(=O)(=O)c1ccccc1C(=O)Nc1nnc(-c2ccc(OC)c(OC)c2)o1. The van der Waals surface area contributed by atoms with Gasteiger partial charge >= 0.3 is 6.01 Å². The lowest BCUT2D eigenvalue weighted by Gasteiger charge is -2.08. The number of benzene rings is 2. The van der Waals surface area contributed by atoms with E-state index in [1.165, 1.54) is 33.3 Å². The highest BCUT2D eigenvalue weighted by Gasteiger charge is 2.22. The molecule has 3 rings (SSSR count). The lowest BCUT2D eigenvalue weighted by atomic mass is 10.2. The highest BCUT2D eigenvalue weighted by molar-refractivity contribution is 7.91. The predicted octanol–water partition coefficient (Wildman–Crippen LogP) is 2.80. The molecule has 0 atom stereocenters. The number of methoxy groups -OCH3 is 2. The molecule has 0 saturated heterocycles. The van der Waals surface area contributed by atoms with E-state index in [2.05, 4.69) is 15.5 Å². The van der Waals surface area contributed by atoms with Gasteiger partial charge in [0.2, 0.25) is 5.89 Å². The molecule has 0 aliphatic rings. The number of hydrogen-bond acceptors (Lipinski definition) is 8. The summed E-state index contributed by atoms with van der Waals surface area (Å²) in [7, 11) is -0.546. The number of ether oxygens (including phenoxy) is 2. The Labute approximate surface area is 167 Å². The predicted molar refractivity (Wildman–Crippen MR) is 105 cm³/mol. The van der Waals surface area contributed by atoms with Crippen molar-refractivity contribution in [1.29, 1.82) is 0 Å². The first kappa shape index (κ1) is 20.3. The molecule has 3 aromatic rings. The van der Waals surface area contributed by atoms with Crippen molar-refractivity contribution >= 4 is 21.8 Å². The maximum atomic E-state index is 12.6. The third-order valence-corrected chi connectivity index (χ3v) is 5.91. The van der Waals surface area contributed by atoms with Crippen LogP contribution in [0.15, 0.2) is 51.8 Å². The molecule has 0 aliphatic carbocycles. The summed E-state index contributed by atoms with van der Waals surface area (Å²) in [6.07, 6.45) is 0. The lowest BCUT2D eigenvalue weighted by molar-refractivity contribution is 0.102. The van der Waals surface area contributed by atoms with Gasteiger partial charge in [0.05, 0.1) is 30.4 Å². The first-order valence-corrected chi connectivity index (χ1v) is 10.2. The molecule has 0 saturated carbocycles. The Morgan fingerprint density at radius 3 is 2.48 bits per heavy atom. The molecule has 0 unspecified atom stereocenters. The molecule has 1 heterocycles. The standard InChI is InChI=1S/C19H19N3O6S/c1-4-29(24,25)16-8-6-5-7-13(16)17(23)20-19-22-21-18(28-19)12-9-10-14(26-2)15(11-12)27-3/h5-11H,4H2,1-3H3,(H,20,22,23). The largest absolute Gasteiger partial charge is 0.493 e. The van der Waals surface area contributed by atoms with Gasteiger partial charge in [0.1, 0.15) is 0 Å². The summed E-state index contributed by atoms with van der Waals surface area (Å²) in [5, 5.41) is 10.1. The summed E-state index contributed by atoms with van der Waals surface area (Å²) in [4.78, 5) is 12.5. The van der Waals surface area contributed by atoms with Gasteiger partial charge in [-0.3, -0.25) is 10.1 Å². The minimum atomic E-state index is -3.57. The number of hydrogen-bond donors (Lipinski definition) is 1. The lowest BCUT2D eigenvalue weighted by Crippen LogP contribution is -2.17. The second-order valence-corrected chi connectivity index (χ2v) is 8.08. The fourth-order valence-electron chi connectivity index (χ4n) is 2.61. The first-order valence-electron chi connectivity index (χ1n) is 8.58. The molecule has 0 spiro atoms. The van der Waals surface area contributed by atoms with Crippen LogP contribution in [0.25, 0.3) is 11.5 Å². The Morgan fingerprint density at radius 1 is 1.07 bits per heavy atom. The summed E-state index contributed by atoms with van der Waals surface area (Å²) < 4.78 is 40.4. The molecule has 0 bridgehead atoms. The highest BCUT2D eigenvalue weighted by atomic mass is 32.2. The smallest absolute Gasteiger partial charge is 0.322 e. The van der Waals surface area contributed by atoms with E-state index in [4.69, 9.17) is 13.9 Å².